The highest BCUT2D eigenvalue weighted by Crippen LogP contribution is 2.32. The number of amides is 1. The number of nitrogens with zero attached hydrogens (tertiary/aromatic N) is 3. The van der Waals surface area contributed by atoms with Gasteiger partial charge in [0.2, 0.25) is 0 Å². The Morgan fingerprint density at radius 3 is 2.46 bits per heavy atom. The van der Waals surface area contributed by atoms with Crippen molar-refractivity contribution in [2.24, 2.45) is 11.8 Å². The molecule has 0 aromatic carbocycles. The van der Waals surface area contributed by atoms with E-state index < -0.39 is 36.7 Å². The van der Waals surface area contributed by atoms with Crippen molar-refractivity contribution in [2.45, 2.75) is 78.0 Å². The lowest BCUT2D eigenvalue weighted by Gasteiger charge is -2.26. The molecule has 8 nitrogen and oxygen atoms in total. The van der Waals surface area contributed by atoms with Gasteiger partial charge in [0.15, 0.2) is 17.3 Å². The Kier molecular flexibility index (Phi) is 12.7. The van der Waals surface area contributed by atoms with Crippen molar-refractivity contribution >= 4 is 29.1 Å². The summed E-state index contributed by atoms with van der Waals surface area (Å²) < 4.78 is 86.2. The van der Waals surface area contributed by atoms with Gasteiger partial charge < -0.3 is 10.1 Å². The number of hydrogen-bond donors (Lipinski definition) is 1. The molecule has 39 heavy (non-hydrogen) atoms. The summed E-state index contributed by atoms with van der Waals surface area (Å²) in [6.45, 7) is 1.24. The van der Waals surface area contributed by atoms with Crippen LogP contribution in [0.4, 0.5) is 22.0 Å². The second-order valence-corrected chi connectivity index (χ2v) is 9.77. The van der Waals surface area contributed by atoms with E-state index in [1.807, 2.05) is 0 Å². The van der Waals surface area contributed by atoms with Crippen molar-refractivity contribution in [1.29, 1.82) is 0 Å². The standard InChI is InChI=1S/C24H30ClF5N4O2.O2S/c1-3-18-33-19(22(35)32-12-15-8-6-14(2)7-9-15)20(25)34(18)21-17(36-23(26)27)11-16(13-31-21)5-4-10-24(28,29)30;1-3-2/h11,13-15,23H,3-10,12H2,1-2H3,(H,32,35);. The molecule has 0 radical (unpaired) electrons. The van der Waals surface area contributed by atoms with Crippen LogP contribution in [0.15, 0.2) is 12.3 Å². The zero-order valence-corrected chi connectivity index (χ0v) is 23.0. The number of aryl methyl sites for hydroxylation is 2. The molecule has 3 rings (SSSR count). The molecule has 2 aromatic heterocycles. The number of carbonyl (C=O) groups excluding carboxylic acids is 1. The largest absolute Gasteiger partial charge is 0.431 e. The van der Waals surface area contributed by atoms with Gasteiger partial charge in [0.05, 0.1) is 0 Å². The van der Waals surface area contributed by atoms with Gasteiger partial charge in [-0.3, -0.25) is 9.36 Å². The van der Waals surface area contributed by atoms with Gasteiger partial charge in [-0.1, -0.05) is 38.3 Å². The third-order valence-electron chi connectivity index (χ3n) is 6.35. The average Bonchev–Trinajstić information content (AvgIpc) is 3.19. The number of pyridine rings is 1. The van der Waals surface area contributed by atoms with Crippen molar-refractivity contribution in [2.75, 3.05) is 6.54 Å². The van der Waals surface area contributed by atoms with Crippen LogP contribution in [0.3, 0.4) is 0 Å². The molecular formula is C24H30ClF5N4O4S. The summed E-state index contributed by atoms with van der Waals surface area (Å²) in [6, 6.07) is 1.21. The van der Waals surface area contributed by atoms with E-state index in [2.05, 4.69) is 26.9 Å². The molecule has 218 valence electrons. The van der Waals surface area contributed by atoms with Crippen molar-refractivity contribution < 1.29 is 39.9 Å². The first kappa shape index (κ1) is 32.6. The van der Waals surface area contributed by atoms with E-state index in [-0.39, 0.29) is 35.3 Å². The molecule has 0 unspecified atom stereocenters. The van der Waals surface area contributed by atoms with Crippen molar-refractivity contribution in [3.05, 3.63) is 34.5 Å². The average molecular weight is 601 g/mol. The number of halogens is 6. The highest BCUT2D eigenvalue weighted by Gasteiger charge is 2.28. The third kappa shape index (κ3) is 10.1. The summed E-state index contributed by atoms with van der Waals surface area (Å²) in [5.74, 6) is 0.383. The van der Waals surface area contributed by atoms with Crippen LogP contribution < -0.4 is 10.1 Å². The van der Waals surface area contributed by atoms with E-state index in [9.17, 15) is 26.7 Å². The van der Waals surface area contributed by atoms with Gasteiger partial charge in [0, 0.05) is 25.6 Å². The molecule has 0 saturated heterocycles. The Hall–Kier alpha value is -2.61. The maximum atomic E-state index is 13.2. The fourth-order valence-electron chi connectivity index (χ4n) is 4.35. The second-order valence-electron chi connectivity index (χ2n) is 9.27. The minimum absolute atomic E-state index is 0.0295. The molecule has 1 N–H and O–H groups in total. The predicted molar refractivity (Wildman–Crippen MR) is 134 cm³/mol. The van der Waals surface area contributed by atoms with E-state index >= 15 is 0 Å². The fourth-order valence-corrected chi connectivity index (χ4v) is 4.66. The maximum absolute atomic E-state index is 13.2. The number of rotatable bonds is 10. The highest BCUT2D eigenvalue weighted by molar-refractivity contribution is 7.51. The Morgan fingerprint density at radius 1 is 1.26 bits per heavy atom. The second kappa shape index (κ2) is 15.2. The zero-order chi connectivity index (χ0) is 29.2. The lowest BCUT2D eigenvalue weighted by Crippen LogP contribution is -2.31. The minimum Gasteiger partial charge on any atom is -0.431 e. The summed E-state index contributed by atoms with van der Waals surface area (Å²) >= 11 is 5.74. The normalized spacial score (nSPS) is 17.4. The van der Waals surface area contributed by atoms with Crippen molar-refractivity contribution in [1.82, 2.24) is 19.9 Å². The van der Waals surface area contributed by atoms with Gasteiger partial charge in [0.1, 0.15) is 11.0 Å². The van der Waals surface area contributed by atoms with Gasteiger partial charge in [-0.05, 0) is 49.1 Å². The number of ether oxygens (including phenoxy) is 1. The van der Waals surface area contributed by atoms with E-state index in [0.717, 1.165) is 25.7 Å². The van der Waals surface area contributed by atoms with Crippen LogP contribution in [0.25, 0.3) is 5.82 Å². The Balaban J connectivity index is 0.00000170. The SMILES string of the molecule is CCc1nc(C(=O)NCC2CCC(C)CC2)c(Cl)n1-c1ncc(CCCC(F)(F)F)cc1OC(F)F.O=S=O. The molecule has 0 atom stereocenters. The Bertz CT molecular complexity index is 1130. The van der Waals surface area contributed by atoms with Gasteiger partial charge >= 0.3 is 24.4 Å². The first-order valence-electron chi connectivity index (χ1n) is 12.4. The van der Waals surface area contributed by atoms with Crippen LogP contribution in [0.2, 0.25) is 5.15 Å². The Labute approximate surface area is 231 Å². The number of imidazole rings is 1. The molecule has 0 spiro atoms. The highest BCUT2D eigenvalue weighted by atomic mass is 35.5. The van der Waals surface area contributed by atoms with Crippen LogP contribution >= 0.6 is 11.6 Å². The molecular weight excluding hydrogens is 571 g/mol. The summed E-state index contributed by atoms with van der Waals surface area (Å²) in [7, 11) is 0. The van der Waals surface area contributed by atoms with E-state index in [4.69, 9.17) is 20.0 Å². The maximum Gasteiger partial charge on any atom is 0.389 e. The summed E-state index contributed by atoms with van der Waals surface area (Å²) in [6.07, 6.45) is 0.275. The van der Waals surface area contributed by atoms with Gasteiger partial charge in [-0.15, -0.1) is 0 Å². The summed E-state index contributed by atoms with van der Waals surface area (Å²) in [5, 5.41) is 2.76. The zero-order valence-electron chi connectivity index (χ0n) is 21.4. The number of hydrogen-bond acceptors (Lipinski definition) is 6. The summed E-state index contributed by atoms with van der Waals surface area (Å²) in [5.41, 5.74) is 0.240. The van der Waals surface area contributed by atoms with Crippen LogP contribution in [0.5, 0.6) is 5.75 Å². The lowest BCUT2D eigenvalue weighted by molar-refractivity contribution is -0.135. The predicted octanol–water partition coefficient (Wildman–Crippen LogP) is 5.86. The lowest BCUT2D eigenvalue weighted by atomic mass is 9.83. The van der Waals surface area contributed by atoms with Crippen LogP contribution in [0.1, 0.15) is 74.2 Å². The van der Waals surface area contributed by atoms with Crippen LogP contribution in [-0.2, 0) is 24.4 Å². The molecule has 0 aliphatic heterocycles. The molecule has 15 heteroatoms. The van der Waals surface area contributed by atoms with Crippen LogP contribution in [-0.4, -0.2) is 48.2 Å². The number of alkyl halides is 5. The fraction of sp³-hybridized carbons (Fsp3) is 0.625. The topological polar surface area (TPSA) is 103 Å². The molecule has 1 fully saturated rings. The molecule has 2 aromatic rings. The first-order chi connectivity index (χ1) is 18.4. The quantitative estimate of drug-likeness (QED) is 0.343. The van der Waals surface area contributed by atoms with Crippen molar-refractivity contribution in [3.63, 3.8) is 0 Å². The third-order valence-corrected chi connectivity index (χ3v) is 6.70. The van der Waals surface area contributed by atoms with Gasteiger partial charge in [-0.25, -0.2) is 9.97 Å². The smallest absolute Gasteiger partial charge is 0.389 e. The summed E-state index contributed by atoms with van der Waals surface area (Å²) in [4.78, 5) is 21.3. The van der Waals surface area contributed by atoms with Gasteiger partial charge in [-0.2, -0.15) is 30.4 Å². The molecule has 1 saturated carbocycles. The molecule has 1 amide bonds. The molecule has 1 aliphatic carbocycles. The molecule has 0 bridgehead atoms. The molecule has 1 aliphatic rings. The first-order valence-corrected chi connectivity index (χ1v) is 13.4. The number of carbonyl (C=O) groups is 1. The van der Waals surface area contributed by atoms with Gasteiger partial charge in [0.25, 0.3) is 5.91 Å². The monoisotopic (exact) mass is 600 g/mol. The van der Waals surface area contributed by atoms with E-state index in [0.29, 0.717) is 36.2 Å². The Morgan fingerprint density at radius 2 is 1.90 bits per heavy atom. The minimum atomic E-state index is -4.32. The van der Waals surface area contributed by atoms with Crippen LogP contribution in [0, 0.1) is 11.8 Å². The number of aromatic nitrogens is 3. The molecule has 2 heterocycles. The van der Waals surface area contributed by atoms with E-state index in [1.165, 1.54) is 16.8 Å². The number of nitrogens with one attached hydrogen (secondary N) is 1. The van der Waals surface area contributed by atoms with E-state index in [1.54, 1.807) is 6.92 Å². The van der Waals surface area contributed by atoms with Crippen molar-refractivity contribution in [3.8, 4) is 11.6 Å².